The Morgan fingerprint density at radius 1 is 1.56 bits per heavy atom. The van der Waals surface area contributed by atoms with Crippen molar-refractivity contribution in [2.24, 2.45) is 5.73 Å². The molecule has 0 aromatic heterocycles. The first kappa shape index (κ1) is 12.0. The van der Waals surface area contributed by atoms with Crippen molar-refractivity contribution >= 4 is 11.6 Å². The molecule has 1 rings (SSSR count). The number of carbonyl (C=O) groups is 1. The monoisotopic (exact) mass is 224 g/mol. The summed E-state index contributed by atoms with van der Waals surface area (Å²) in [4.78, 5) is 21.0. The molecule has 2 N–H and O–H groups in total. The number of carbonyl (C=O) groups excluding carboxylic acids is 1. The van der Waals surface area contributed by atoms with Crippen LogP contribution in [0.2, 0.25) is 0 Å². The van der Waals surface area contributed by atoms with Gasteiger partial charge < -0.3 is 10.5 Å². The quantitative estimate of drug-likeness (QED) is 0.596. The summed E-state index contributed by atoms with van der Waals surface area (Å²) < 4.78 is 5.22. The van der Waals surface area contributed by atoms with E-state index in [4.69, 9.17) is 10.5 Å². The van der Waals surface area contributed by atoms with Gasteiger partial charge in [0.1, 0.15) is 5.75 Å². The Labute approximate surface area is 92.2 Å². The zero-order valence-corrected chi connectivity index (χ0v) is 8.80. The van der Waals surface area contributed by atoms with Gasteiger partial charge in [0, 0.05) is 6.07 Å². The maximum absolute atomic E-state index is 10.8. The highest BCUT2D eigenvalue weighted by Crippen LogP contribution is 2.28. The van der Waals surface area contributed by atoms with E-state index >= 15 is 0 Å². The third kappa shape index (κ3) is 2.69. The second-order valence-electron chi connectivity index (χ2n) is 3.09. The van der Waals surface area contributed by atoms with Crippen LogP contribution in [0, 0.1) is 10.1 Å². The van der Waals surface area contributed by atoms with E-state index in [1.165, 1.54) is 12.1 Å². The summed E-state index contributed by atoms with van der Waals surface area (Å²) >= 11 is 0. The molecule has 16 heavy (non-hydrogen) atoms. The highest BCUT2D eigenvalue weighted by atomic mass is 16.6. The van der Waals surface area contributed by atoms with Gasteiger partial charge in [0.2, 0.25) is 5.91 Å². The van der Waals surface area contributed by atoms with E-state index in [9.17, 15) is 14.9 Å². The van der Waals surface area contributed by atoms with Crippen molar-refractivity contribution < 1.29 is 14.5 Å². The van der Waals surface area contributed by atoms with E-state index in [0.717, 1.165) is 0 Å². The van der Waals surface area contributed by atoms with Crippen LogP contribution in [-0.2, 0) is 11.2 Å². The molecule has 1 aromatic rings. The number of rotatable bonds is 5. The predicted octanol–water partition coefficient (Wildman–Crippen LogP) is 1.02. The number of nitrogens with two attached hydrogens (primary N) is 1. The zero-order valence-electron chi connectivity index (χ0n) is 8.80. The van der Waals surface area contributed by atoms with Gasteiger partial charge in [0.25, 0.3) is 5.69 Å². The molecule has 0 heterocycles. The Hall–Kier alpha value is -2.11. The van der Waals surface area contributed by atoms with Crippen LogP contribution in [0.25, 0.3) is 0 Å². The van der Waals surface area contributed by atoms with E-state index in [1.54, 1.807) is 13.0 Å². The first-order chi connectivity index (χ1) is 7.56. The lowest BCUT2D eigenvalue weighted by molar-refractivity contribution is -0.385. The van der Waals surface area contributed by atoms with Crippen molar-refractivity contribution in [2.75, 3.05) is 6.61 Å². The average Bonchev–Trinajstić information content (AvgIpc) is 2.19. The number of nitro benzene ring substituents is 1. The zero-order chi connectivity index (χ0) is 12.1. The number of hydrogen-bond donors (Lipinski definition) is 1. The fourth-order valence-electron chi connectivity index (χ4n) is 1.37. The Kier molecular flexibility index (Phi) is 3.82. The van der Waals surface area contributed by atoms with Crippen molar-refractivity contribution in [3.63, 3.8) is 0 Å². The van der Waals surface area contributed by atoms with Gasteiger partial charge >= 0.3 is 0 Å². The molecule has 0 fully saturated rings. The summed E-state index contributed by atoms with van der Waals surface area (Å²) in [6.45, 7) is 2.12. The number of nitrogens with zero attached hydrogens (tertiary/aromatic N) is 1. The summed E-state index contributed by atoms with van der Waals surface area (Å²) in [5.74, 6) is -0.300. The van der Waals surface area contributed by atoms with Gasteiger partial charge in [-0.15, -0.1) is 0 Å². The molecule has 6 nitrogen and oxygen atoms in total. The summed E-state index contributed by atoms with van der Waals surface area (Å²) in [5.41, 5.74) is 5.12. The largest absolute Gasteiger partial charge is 0.493 e. The molecule has 0 aliphatic rings. The topological polar surface area (TPSA) is 95.5 Å². The fraction of sp³-hybridized carbons (Fsp3) is 0.300. The van der Waals surface area contributed by atoms with Crippen molar-refractivity contribution in [3.05, 3.63) is 33.9 Å². The molecule has 0 atom stereocenters. The molecule has 0 aliphatic carbocycles. The highest BCUT2D eigenvalue weighted by molar-refractivity contribution is 5.79. The molecule has 0 radical (unpaired) electrons. The van der Waals surface area contributed by atoms with Gasteiger partial charge in [0.15, 0.2) is 0 Å². The molecule has 1 amide bonds. The lowest BCUT2D eigenvalue weighted by Crippen LogP contribution is -2.15. The first-order valence-electron chi connectivity index (χ1n) is 4.73. The molecule has 1 aromatic carbocycles. The lowest BCUT2D eigenvalue weighted by atomic mass is 10.1. The van der Waals surface area contributed by atoms with Crippen LogP contribution < -0.4 is 10.5 Å². The van der Waals surface area contributed by atoms with Crippen LogP contribution in [0.5, 0.6) is 5.75 Å². The number of hydrogen-bond acceptors (Lipinski definition) is 4. The van der Waals surface area contributed by atoms with Crippen molar-refractivity contribution in [2.45, 2.75) is 13.3 Å². The molecule has 0 saturated carbocycles. The van der Waals surface area contributed by atoms with Gasteiger partial charge in [-0.05, 0) is 13.0 Å². The standard InChI is InChI=1S/C10H12N2O4/c1-2-16-9-5-3-4-8(12(14)15)7(9)6-10(11)13/h3-5H,2,6H2,1H3,(H2,11,13). The van der Waals surface area contributed by atoms with Crippen LogP contribution in [0.1, 0.15) is 12.5 Å². The smallest absolute Gasteiger partial charge is 0.276 e. The minimum Gasteiger partial charge on any atom is -0.493 e. The van der Waals surface area contributed by atoms with E-state index in [-0.39, 0.29) is 17.7 Å². The number of benzene rings is 1. The van der Waals surface area contributed by atoms with Crippen molar-refractivity contribution in [1.82, 2.24) is 0 Å². The van der Waals surface area contributed by atoms with E-state index in [0.29, 0.717) is 12.4 Å². The molecule has 0 unspecified atom stereocenters. The third-order valence-corrected chi connectivity index (χ3v) is 1.96. The SMILES string of the molecule is CCOc1cccc([N+](=O)[O-])c1CC(N)=O. The van der Waals surface area contributed by atoms with Gasteiger partial charge in [0.05, 0.1) is 23.5 Å². The molecular weight excluding hydrogens is 212 g/mol. The van der Waals surface area contributed by atoms with Crippen LogP contribution in [0.15, 0.2) is 18.2 Å². The normalized spacial score (nSPS) is 9.81. The fourth-order valence-corrected chi connectivity index (χ4v) is 1.37. The molecule has 0 saturated heterocycles. The Balaban J connectivity index is 3.22. The maximum Gasteiger partial charge on any atom is 0.276 e. The van der Waals surface area contributed by atoms with E-state index < -0.39 is 10.8 Å². The van der Waals surface area contributed by atoms with Gasteiger partial charge in [-0.25, -0.2) is 0 Å². The van der Waals surface area contributed by atoms with E-state index in [2.05, 4.69) is 0 Å². The number of amides is 1. The van der Waals surface area contributed by atoms with Crippen molar-refractivity contribution in [3.8, 4) is 5.75 Å². The second-order valence-corrected chi connectivity index (χ2v) is 3.09. The predicted molar refractivity (Wildman–Crippen MR) is 57.2 cm³/mol. The van der Waals surface area contributed by atoms with Crippen LogP contribution in [-0.4, -0.2) is 17.4 Å². The summed E-state index contributed by atoms with van der Waals surface area (Å²) in [7, 11) is 0. The lowest BCUT2D eigenvalue weighted by Gasteiger charge is -2.08. The number of primary amides is 1. The minimum absolute atomic E-state index is 0.148. The molecule has 0 aliphatic heterocycles. The van der Waals surface area contributed by atoms with Crippen LogP contribution in [0.4, 0.5) is 5.69 Å². The van der Waals surface area contributed by atoms with Crippen LogP contribution in [0.3, 0.4) is 0 Å². The Morgan fingerprint density at radius 3 is 2.75 bits per heavy atom. The summed E-state index contributed by atoms with van der Waals surface area (Å²) in [6, 6.07) is 4.41. The first-order valence-corrected chi connectivity index (χ1v) is 4.73. The second kappa shape index (κ2) is 5.11. The third-order valence-electron chi connectivity index (χ3n) is 1.96. The molecule has 0 spiro atoms. The highest BCUT2D eigenvalue weighted by Gasteiger charge is 2.19. The van der Waals surface area contributed by atoms with E-state index in [1.807, 2.05) is 0 Å². The summed E-state index contributed by atoms with van der Waals surface area (Å²) in [6.07, 6.45) is -0.202. The maximum atomic E-state index is 10.8. The Morgan fingerprint density at radius 2 is 2.25 bits per heavy atom. The molecular formula is C10H12N2O4. The molecule has 0 bridgehead atoms. The average molecular weight is 224 g/mol. The van der Waals surface area contributed by atoms with Crippen LogP contribution >= 0.6 is 0 Å². The van der Waals surface area contributed by atoms with Gasteiger partial charge in [-0.3, -0.25) is 14.9 Å². The minimum atomic E-state index is -0.629. The number of ether oxygens (including phenoxy) is 1. The molecule has 86 valence electrons. The Bertz CT molecular complexity index is 417. The van der Waals surface area contributed by atoms with Gasteiger partial charge in [-0.2, -0.15) is 0 Å². The number of nitro groups is 1. The van der Waals surface area contributed by atoms with Crippen molar-refractivity contribution in [1.29, 1.82) is 0 Å². The molecule has 6 heteroatoms. The van der Waals surface area contributed by atoms with Gasteiger partial charge in [-0.1, -0.05) is 6.07 Å². The summed E-state index contributed by atoms with van der Waals surface area (Å²) in [5, 5.41) is 10.8.